The molecule has 0 bridgehead atoms. The number of anilines is 1. The molecule has 4 heteroatoms. The van der Waals surface area contributed by atoms with Crippen LogP contribution in [0.15, 0.2) is 24.3 Å². The number of amides is 1. The van der Waals surface area contributed by atoms with E-state index in [1.807, 2.05) is 6.07 Å². The molecule has 1 aromatic rings. The number of carbonyl (C=O) groups excluding carboxylic acids is 1. The van der Waals surface area contributed by atoms with E-state index in [1.165, 1.54) is 0 Å². The molecule has 4 nitrogen and oxygen atoms in total. The fourth-order valence-corrected chi connectivity index (χ4v) is 1.85. The summed E-state index contributed by atoms with van der Waals surface area (Å²) in [6.45, 7) is 4.98. The predicted octanol–water partition coefficient (Wildman–Crippen LogP) is 2.00. The van der Waals surface area contributed by atoms with Crippen LogP contribution in [0, 0.1) is 5.41 Å². The highest BCUT2D eigenvalue weighted by Gasteiger charge is 2.24. The van der Waals surface area contributed by atoms with E-state index >= 15 is 0 Å². The molecule has 0 aliphatic rings. The fraction of sp³-hybridized carbons (Fsp3) is 0.500. The van der Waals surface area contributed by atoms with E-state index in [4.69, 9.17) is 5.73 Å². The molecule has 0 saturated carbocycles. The van der Waals surface area contributed by atoms with Gasteiger partial charge in [0.1, 0.15) is 0 Å². The lowest BCUT2D eigenvalue weighted by Crippen LogP contribution is -2.32. The van der Waals surface area contributed by atoms with Crippen LogP contribution >= 0.6 is 0 Å². The topological polar surface area (TPSA) is 75.3 Å². The van der Waals surface area contributed by atoms with Gasteiger partial charge in [0, 0.05) is 23.2 Å². The molecule has 0 spiro atoms. The van der Waals surface area contributed by atoms with Crippen molar-refractivity contribution in [1.29, 1.82) is 0 Å². The molecule has 0 aliphatic carbocycles. The largest absolute Gasteiger partial charge is 0.396 e. The van der Waals surface area contributed by atoms with Crippen LogP contribution in [0.25, 0.3) is 0 Å². The van der Waals surface area contributed by atoms with Crippen LogP contribution in [-0.4, -0.2) is 24.2 Å². The van der Waals surface area contributed by atoms with Gasteiger partial charge in [-0.15, -0.1) is 0 Å². The predicted molar refractivity (Wildman–Crippen MR) is 73.6 cm³/mol. The van der Waals surface area contributed by atoms with Crippen LogP contribution < -0.4 is 11.1 Å². The van der Waals surface area contributed by atoms with E-state index in [2.05, 4.69) is 19.2 Å². The average molecular weight is 250 g/mol. The minimum Gasteiger partial charge on any atom is -0.396 e. The van der Waals surface area contributed by atoms with Gasteiger partial charge in [-0.05, 0) is 31.0 Å². The zero-order valence-electron chi connectivity index (χ0n) is 11.1. The Labute approximate surface area is 108 Å². The van der Waals surface area contributed by atoms with E-state index < -0.39 is 5.91 Å². The Kier molecular flexibility index (Phi) is 5.16. The van der Waals surface area contributed by atoms with E-state index in [1.54, 1.807) is 18.2 Å². The highest BCUT2D eigenvalue weighted by atomic mass is 16.3. The third kappa shape index (κ3) is 3.47. The van der Waals surface area contributed by atoms with Crippen molar-refractivity contribution in [3.63, 3.8) is 0 Å². The molecule has 0 radical (unpaired) electrons. The number of primary amides is 1. The van der Waals surface area contributed by atoms with Crippen molar-refractivity contribution in [3.8, 4) is 0 Å². The summed E-state index contributed by atoms with van der Waals surface area (Å²) in [6, 6.07) is 7.10. The first-order valence-corrected chi connectivity index (χ1v) is 6.31. The number of hydrogen-bond acceptors (Lipinski definition) is 3. The summed E-state index contributed by atoms with van der Waals surface area (Å²) in [5.74, 6) is -0.432. The third-order valence-electron chi connectivity index (χ3n) is 3.65. The fourth-order valence-electron chi connectivity index (χ4n) is 1.85. The second-order valence-electron chi connectivity index (χ2n) is 4.66. The van der Waals surface area contributed by atoms with Crippen molar-refractivity contribution in [2.24, 2.45) is 11.1 Å². The maximum absolute atomic E-state index is 11.1. The van der Waals surface area contributed by atoms with Crippen molar-refractivity contribution < 1.29 is 9.90 Å². The Morgan fingerprint density at radius 3 is 2.56 bits per heavy atom. The SMILES string of the molecule is CCC(CC)(CO)CNc1cccc(C(N)=O)c1. The maximum Gasteiger partial charge on any atom is 0.248 e. The molecule has 0 unspecified atom stereocenters. The van der Waals surface area contributed by atoms with Crippen LogP contribution in [0.5, 0.6) is 0 Å². The smallest absolute Gasteiger partial charge is 0.248 e. The lowest BCUT2D eigenvalue weighted by Gasteiger charge is -2.30. The van der Waals surface area contributed by atoms with Crippen molar-refractivity contribution in [2.75, 3.05) is 18.5 Å². The Morgan fingerprint density at radius 1 is 1.39 bits per heavy atom. The Balaban J connectivity index is 2.73. The van der Waals surface area contributed by atoms with Gasteiger partial charge in [-0.2, -0.15) is 0 Å². The molecule has 100 valence electrons. The number of benzene rings is 1. The van der Waals surface area contributed by atoms with E-state index in [9.17, 15) is 9.90 Å². The average Bonchev–Trinajstić information content (AvgIpc) is 2.41. The van der Waals surface area contributed by atoms with Gasteiger partial charge < -0.3 is 16.2 Å². The molecule has 1 amide bonds. The molecule has 0 heterocycles. The van der Waals surface area contributed by atoms with Crippen LogP contribution in [-0.2, 0) is 0 Å². The molecule has 1 rings (SSSR count). The summed E-state index contributed by atoms with van der Waals surface area (Å²) in [6.07, 6.45) is 1.81. The first-order chi connectivity index (χ1) is 8.56. The van der Waals surface area contributed by atoms with Crippen molar-refractivity contribution >= 4 is 11.6 Å². The highest BCUT2D eigenvalue weighted by Crippen LogP contribution is 2.26. The Bertz CT molecular complexity index is 392. The standard InChI is InChI=1S/C14H22N2O2/c1-3-14(4-2,10-17)9-16-12-7-5-6-11(8-12)13(15)18/h5-8,16-17H,3-4,9-10H2,1-2H3,(H2,15,18). The van der Waals surface area contributed by atoms with Crippen molar-refractivity contribution in [3.05, 3.63) is 29.8 Å². The summed E-state index contributed by atoms with van der Waals surface area (Å²) in [7, 11) is 0. The minimum absolute atomic E-state index is 0.108. The molecule has 1 aromatic carbocycles. The van der Waals surface area contributed by atoms with Gasteiger partial charge in [-0.25, -0.2) is 0 Å². The van der Waals surface area contributed by atoms with Crippen molar-refractivity contribution in [2.45, 2.75) is 26.7 Å². The molecule has 0 aromatic heterocycles. The summed E-state index contributed by atoms with van der Waals surface area (Å²) in [5, 5.41) is 12.7. The van der Waals surface area contributed by atoms with E-state index in [-0.39, 0.29) is 12.0 Å². The van der Waals surface area contributed by atoms with Crippen LogP contribution in [0.3, 0.4) is 0 Å². The van der Waals surface area contributed by atoms with Gasteiger partial charge in [0.05, 0.1) is 6.61 Å². The lowest BCUT2D eigenvalue weighted by molar-refractivity contribution is 0.1000. The number of aliphatic hydroxyl groups is 1. The van der Waals surface area contributed by atoms with Crippen LogP contribution in [0.4, 0.5) is 5.69 Å². The van der Waals surface area contributed by atoms with Gasteiger partial charge in [0.2, 0.25) is 5.91 Å². The summed E-state index contributed by atoms with van der Waals surface area (Å²) < 4.78 is 0. The van der Waals surface area contributed by atoms with Gasteiger partial charge in [0.15, 0.2) is 0 Å². The lowest BCUT2D eigenvalue weighted by atomic mass is 9.83. The number of rotatable bonds is 7. The number of aliphatic hydroxyl groups excluding tert-OH is 1. The normalized spacial score (nSPS) is 11.3. The quantitative estimate of drug-likeness (QED) is 0.692. The van der Waals surface area contributed by atoms with E-state index in [0.29, 0.717) is 12.1 Å². The minimum atomic E-state index is -0.432. The summed E-state index contributed by atoms with van der Waals surface area (Å²) >= 11 is 0. The van der Waals surface area contributed by atoms with Gasteiger partial charge >= 0.3 is 0 Å². The molecular formula is C14H22N2O2. The van der Waals surface area contributed by atoms with Crippen molar-refractivity contribution in [1.82, 2.24) is 0 Å². The summed E-state index contributed by atoms with van der Waals surface area (Å²) in [4.78, 5) is 11.1. The number of carbonyl (C=O) groups is 1. The first kappa shape index (κ1) is 14.5. The first-order valence-electron chi connectivity index (χ1n) is 6.31. The maximum atomic E-state index is 11.1. The number of nitrogens with two attached hydrogens (primary N) is 1. The number of nitrogens with one attached hydrogen (secondary N) is 1. The number of hydrogen-bond donors (Lipinski definition) is 3. The molecule has 4 N–H and O–H groups in total. The Hall–Kier alpha value is -1.55. The molecule has 18 heavy (non-hydrogen) atoms. The zero-order valence-corrected chi connectivity index (χ0v) is 11.1. The second-order valence-corrected chi connectivity index (χ2v) is 4.66. The Morgan fingerprint density at radius 2 is 2.06 bits per heavy atom. The molecule has 0 saturated heterocycles. The second kappa shape index (κ2) is 6.40. The van der Waals surface area contributed by atoms with Crippen LogP contribution in [0.1, 0.15) is 37.0 Å². The monoisotopic (exact) mass is 250 g/mol. The molecule has 0 aliphatic heterocycles. The van der Waals surface area contributed by atoms with Gasteiger partial charge in [-0.3, -0.25) is 4.79 Å². The zero-order chi connectivity index (χ0) is 13.6. The highest BCUT2D eigenvalue weighted by molar-refractivity contribution is 5.93. The molecular weight excluding hydrogens is 228 g/mol. The third-order valence-corrected chi connectivity index (χ3v) is 3.65. The van der Waals surface area contributed by atoms with Gasteiger partial charge in [-0.1, -0.05) is 19.9 Å². The van der Waals surface area contributed by atoms with E-state index in [0.717, 1.165) is 18.5 Å². The van der Waals surface area contributed by atoms with Crippen LogP contribution in [0.2, 0.25) is 0 Å². The summed E-state index contributed by atoms with van der Waals surface area (Å²) in [5.41, 5.74) is 6.47. The van der Waals surface area contributed by atoms with Gasteiger partial charge in [0.25, 0.3) is 0 Å². The molecule has 0 atom stereocenters. The molecule has 0 fully saturated rings.